The number of carboxylic acid groups (broad SMARTS) is 1. The second-order valence-corrected chi connectivity index (χ2v) is 9.97. The molecule has 0 fully saturated rings. The lowest BCUT2D eigenvalue weighted by Crippen LogP contribution is -2.46. The lowest BCUT2D eigenvalue weighted by Gasteiger charge is -2.40. The van der Waals surface area contributed by atoms with Gasteiger partial charge in [-0.2, -0.15) is 0 Å². The molecule has 0 aliphatic rings. The molecular formula is C27H32F2N4O4. The summed E-state index contributed by atoms with van der Waals surface area (Å²) < 4.78 is 30.5. The summed E-state index contributed by atoms with van der Waals surface area (Å²) in [4.78, 5) is 30.3. The smallest absolute Gasteiger partial charge is 0.320 e. The topological polar surface area (TPSA) is 122 Å². The molecule has 8 nitrogen and oxygen atoms in total. The van der Waals surface area contributed by atoms with Crippen LogP contribution in [0.1, 0.15) is 44.6 Å². The van der Waals surface area contributed by atoms with E-state index in [1.54, 1.807) is 10.8 Å². The maximum absolute atomic E-state index is 14.7. The molecule has 1 heterocycles. The number of benzene rings is 2. The van der Waals surface area contributed by atoms with Gasteiger partial charge in [0, 0.05) is 24.8 Å². The Hall–Kier alpha value is -3.63. The van der Waals surface area contributed by atoms with Gasteiger partial charge in [0.15, 0.2) is 0 Å². The summed E-state index contributed by atoms with van der Waals surface area (Å²) in [6, 6.07) is 10.5. The number of imidazole rings is 1. The summed E-state index contributed by atoms with van der Waals surface area (Å²) in [5.41, 5.74) is 6.10. The summed E-state index contributed by atoms with van der Waals surface area (Å²) in [5.74, 6) is -2.74. The molecule has 0 aliphatic heterocycles. The molecular weight excluding hydrogens is 482 g/mol. The Kier molecular flexibility index (Phi) is 8.77. The predicted molar refractivity (Wildman–Crippen MR) is 134 cm³/mol. The van der Waals surface area contributed by atoms with Crippen LogP contribution in [-0.4, -0.2) is 55.7 Å². The minimum absolute atomic E-state index is 0.0337. The number of aliphatic hydroxyl groups excluding tert-OH is 1. The zero-order chi connectivity index (χ0) is 27.3. The number of aliphatic carboxylic acids is 1. The van der Waals surface area contributed by atoms with E-state index >= 15 is 0 Å². The largest absolute Gasteiger partial charge is 0.480 e. The van der Waals surface area contributed by atoms with Crippen molar-refractivity contribution in [1.82, 2.24) is 14.5 Å². The van der Waals surface area contributed by atoms with E-state index in [-0.39, 0.29) is 24.2 Å². The van der Waals surface area contributed by atoms with Gasteiger partial charge in [0.1, 0.15) is 30.1 Å². The molecule has 3 rings (SSSR count). The number of hydrogen-bond acceptors (Lipinski definition) is 5. The van der Waals surface area contributed by atoms with Crippen LogP contribution in [-0.2, 0) is 16.1 Å². The van der Waals surface area contributed by atoms with Gasteiger partial charge in [-0.05, 0) is 35.6 Å². The van der Waals surface area contributed by atoms with Crippen LogP contribution in [0.4, 0.5) is 8.78 Å². The van der Waals surface area contributed by atoms with Crippen molar-refractivity contribution in [2.75, 3.05) is 13.2 Å². The maximum Gasteiger partial charge on any atom is 0.320 e. The highest BCUT2D eigenvalue weighted by Gasteiger charge is 2.38. The van der Waals surface area contributed by atoms with Gasteiger partial charge in [0.05, 0.1) is 11.7 Å². The predicted octanol–water partition coefficient (Wildman–Crippen LogP) is 3.59. The minimum Gasteiger partial charge on any atom is -0.480 e. The highest BCUT2D eigenvalue weighted by atomic mass is 19.1. The fourth-order valence-electron chi connectivity index (χ4n) is 4.26. The maximum atomic E-state index is 14.7. The van der Waals surface area contributed by atoms with Crippen LogP contribution in [0.15, 0.2) is 54.7 Å². The molecule has 3 aromatic rings. The quantitative estimate of drug-likeness (QED) is 0.380. The van der Waals surface area contributed by atoms with Gasteiger partial charge in [-0.3, -0.25) is 9.59 Å². The van der Waals surface area contributed by atoms with Crippen molar-refractivity contribution in [2.24, 2.45) is 11.1 Å². The molecule has 2 atom stereocenters. The van der Waals surface area contributed by atoms with Crippen molar-refractivity contribution in [1.29, 1.82) is 0 Å². The van der Waals surface area contributed by atoms with Gasteiger partial charge in [-0.15, -0.1) is 0 Å². The Morgan fingerprint density at radius 2 is 1.81 bits per heavy atom. The first-order chi connectivity index (χ1) is 17.4. The summed E-state index contributed by atoms with van der Waals surface area (Å²) in [6.45, 7) is 5.07. The summed E-state index contributed by atoms with van der Waals surface area (Å²) >= 11 is 0. The third-order valence-corrected chi connectivity index (χ3v) is 6.04. The van der Waals surface area contributed by atoms with Crippen molar-refractivity contribution in [2.45, 2.75) is 45.8 Å². The van der Waals surface area contributed by atoms with Gasteiger partial charge in [0.2, 0.25) is 5.91 Å². The van der Waals surface area contributed by atoms with E-state index in [4.69, 9.17) is 5.73 Å². The van der Waals surface area contributed by atoms with Gasteiger partial charge in [-0.1, -0.05) is 51.1 Å². The van der Waals surface area contributed by atoms with Gasteiger partial charge in [0.25, 0.3) is 0 Å². The van der Waals surface area contributed by atoms with Crippen LogP contribution < -0.4 is 5.73 Å². The minimum atomic E-state index is -1.21. The first kappa shape index (κ1) is 27.9. The van der Waals surface area contributed by atoms with E-state index < -0.39 is 47.6 Å². The molecule has 0 aliphatic carbocycles. The van der Waals surface area contributed by atoms with E-state index in [1.165, 1.54) is 4.90 Å². The van der Waals surface area contributed by atoms with E-state index in [2.05, 4.69) is 4.98 Å². The summed E-state index contributed by atoms with van der Waals surface area (Å²) in [6.07, 6.45) is 1.54. The number of carbonyl (C=O) groups excluding carboxylic acids is 1. The van der Waals surface area contributed by atoms with Gasteiger partial charge in [-0.25, -0.2) is 13.8 Å². The molecule has 198 valence electrons. The molecule has 1 unspecified atom stereocenters. The van der Waals surface area contributed by atoms with Crippen LogP contribution in [0.3, 0.4) is 0 Å². The first-order valence-electron chi connectivity index (χ1n) is 11.9. The number of aromatic nitrogens is 2. The third kappa shape index (κ3) is 6.78. The molecule has 37 heavy (non-hydrogen) atoms. The number of rotatable bonds is 10. The highest BCUT2D eigenvalue weighted by Crippen LogP contribution is 2.39. The molecule has 1 aromatic heterocycles. The molecule has 4 N–H and O–H groups in total. The standard InChI is InChI=1S/C27H32F2N4O4/c1-27(2,3)24(33(23(35)16-34)12-11-21(30)26(36)37)25-31-22(19-13-18(28)9-10-20(19)29)15-32(25)14-17-7-5-4-6-8-17/h4-10,13,15,21,24,34H,11-12,14,16,30H2,1-3H3,(H,36,37)/t21-,24?/m0/s1. The van der Waals surface area contributed by atoms with Gasteiger partial charge < -0.3 is 25.4 Å². The lowest BCUT2D eigenvalue weighted by atomic mass is 9.84. The van der Waals surface area contributed by atoms with Gasteiger partial charge >= 0.3 is 5.97 Å². The van der Waals surface area contributed by atoms with E-state index in [9.17, 15) is 28.6 Å². The normalized spacial score (nSPS) is 13.3. The molecule has 10 heteroatoms. The number of carboxylic acids is 1. The fraction of sp³-hybridized carbons (Fsp3) is 0.370. The zero-order valence-corrected chi connectivity index (χ0v) is 21.1. The molecule has 0 saturated carbocycles. The fourth-order valence-corrected chi connectivity index (χ4v) is 4.26. The zero-order valence-electron chi connectivity index (χ0n) is 21.1. The molecule has 2 aromatic carbocycles. The molecule has 1 amide bonds. The van der Waals surface area contributed by atoms with Crippen molar-refractivity contribution in [3.8, 4) is 11.3 Å². The average molecular weight is 515 g/mol. The summed E-state index contributed by atoms with van der Waals surface area (Å²) in [7, 11) is 0. The van der Waals surface area contributed by atoms with Crippen molar-refractivity contribution in [3.63, 3.8) is 0 Å². The highest BCUT2D eigenvalue weighted by molar-refractivity contribution is 5.78. The number of hydrogen-bond donors (Lipinski definition) is 3. The number of nitrogens with two attached hydrogens (primary N) is 1. The number of halogens is 2. The second-order valence-electron chi connectivity index (χ2n) is 9.97. The Labute approximate surface area is 214 Å². The monoisotopic (exact) mass is 514 g/mol. The number of aliphatic hydroxyl groups is 1. The molecule has 0 bridgehead atoms. The van der Waals surface area contributed by atoms with Crippen LogP contribution in [0.25, 0.3) is 11.3 Å². The molecule has 0 radical (unpaired) electrons. The second kappa shape index (κ2) is 11.6. The summed E-state index contributed by atoms with van der Waals surface area (Å²) in [5, 5.41) is 19.0. The van der Waals surface area contributed by atoms with E-state index in [1.807, 2.05) is 51.1 Å². The average Bonchev–Trinajstić information content (AvgIpc) is 3.24. The van der Waals surface area contributed by atoms with Crippen molar-refractivity contribution < 1.29 is 28.6 Å². The molecule has 0 saturated heterocycles. The van der Waals surface area contributed by atoms with Crippen molar-refractivity contribution >= 4 is 11.9 Å². The van der Waals surface area contributed by atoms with E-state index in [0.717, 1.165) is 23.8 Å². The Balaban J connectivity index is 2.18. The van der Waals surface area contributed by atoms with E-state index in [0.29, 0.717) is 12.4 Å². The molecule has 0 spiro atoms. The Morgan fingerprint density at radius 1 is 1.14 bits per heavy atom. The van der Waals surface area contributed by atoms with Crippen LogP contribution in [0, 0.1) is 17.0 Å². The lowest BCUT2D eigenvalue weighted by molar-refractivity contribution is -0.142. The number of carbonyl (C=O) groups is 2. The van der Waals surface area contributed by atoms with Crippen molar-refractivity contribution in [3.05, 3.63) is 77.8 Å². The Morgan fingerprint density at radius 3 is 2.41 bits per heavy atom. The Bertz CT molecular complexity index is 1240. The first-order valence-corrected chi connectivity index (χ1v) is 11.9. The SMILES string of the molecule is CC(C)(C)C(c1nc(-c2cc(F)ccc2F)cn1Cc1ccccc1)N(CC[C@H](N)C(=O)O)C(=O)CO. The number of nitrogens with zero attached hydrogens (tertiary/aromatic N) is 3. The third-order valence-electron chi connectivity index (χ3n) is 6.04. The number of amides is 1. The van der Waals surface area contributed by atoms with Crippen LogP contribution >= 0.6 is 0 Å². The van der Waals surface area contributed by atoms with Crippen LogP contribution in [0.5, 0.6) is 0 Å². The van der Waals surface area contributed by atoms with Crippen LogP contribution in [0.2, 0.25) is 0 Å².